The van der Waals surface area contributed by atoms with Crippen LogP contribution < -0.4 is 0 Å². The molecule has 1 aromatic carbocycles. The summed E-state index contributed by atoms with van der Waals surface area (Å²) in [5, 5.41) is 0. The molecule has 0 bridgehead atoms. The molecule has 120 valence electrons. The molecule has 3 unspecified atom stereocenters. The zero-order valence-electron chi connectivity index (χ0n) is 15.0. The first-order chi connectivity index (χ1) is 10.1. The van der Waals surface area contributed by atoms with Crippen LogP contribution in [-0.4, -0.2) is 0 Å². The smallest absolute Gasteiger partial charge is 0.0165 e. The van der Waals surface area contributed by atoms with E-state index >= 15 is 0 Å². The van der Waals surface area contributed by atoms with E-state index in [1.165, 1.54) is 56.1 Å². The molecule has 0 saturated heterocycles. The van der Waals surface area contributed by atoms with Crippen molar-refractivity contribution in [1.82, 2.24) is 0 Å². The number of benzene rings is 1. The van der Waals surface area contributed by atoms with E-state index in [0.29, 0.717) is 11.8 Å². The van der Waals surface area contributed by atoms with Gasteiger partial charge in [-0.1, -0.05) is 97.4 Å². The van der Waals surface area contributed by atoms with E-state index < -0.39 is 0 Å². The molecule has 1 aromatic rings. The third-order valence-corrected chi connectivity index (χ3v) is 5.14. The molecule has 0 heteroatoms. The fraction of sp³-hybridized carbons (Fsp3) is 0.714. The van der Waals surface area contributed by atoms with Crippen molar-refractivity contribution in [3.63, 3.8) is 0 Å². The van der Waals surface area contributed by atoms with Gasteiger partial charge in [-0.3, -0.25) is 0 Å². The van der Waals surface area contributed by atoms with E-state index in [0.717, 1.165) is 5.92 Å². The summed E-state index contributed by atoms with van der Waals surface area (Å²) in [6.45, 7) is 11.7. The minimum absolute atomic E-state index is 0.681. The monoisotopic (exact) mass is 288 g/mol. The molecule has 0 heterocycles. The molecule has 0 N–H and O–H groups in total. The van der Waals surface area contributed by atoms with E-state index in [-0.39, 0.29) is 0 Å². The lowest BCUT2D eigenvalue weighted by Gasteiger charge is -2.21. The predicted molar refractivity (Wildman–Crippen MR) is 96.1 cm³/mol. The van der Waals surface area contributed by atoms with Crippen LogP contribution in [0.15, 0.2) is 24.3 Å². The fourth-order valence-electron chi connectivity index (χ4n) is 3.10. The Balaban J connectivity index is 2.56. The van der Waals surface area contributed by atoms with Crippen LogP contribution in [0.4, 0.5) is 0 Å². The van der Waals surface area contributed by atoms with Crippen molar-refractivity contribution in [2.24, 2.45) is 5.92 Å². The molecule has 0 spiro atoms. The summed E-state index contributed by atoms with van der Waals surface area (Å²) in [4.78, 5) is 0. The Hall–Kier alpha value is -0.780. The number of unbranched alkanes of at least 4 members (excludes halogenated alkanes) is 3. The molecule has 0 aliphatic carbocycles. The van der Waals surface area contributed by atoms with Crippen molar-refractivity contribution in [1.29, 1.82) is 0 Å². The van der Waals surface area contributed by atoms with Crippen LogP contribution in [0.1, 0.15) is 103 Å². The highest BCUT2D eigenvalue weighted by Crippen LogP contribution is 2.29. The standard InChI is InChI=1S/C21H36/c1-6-8-10-12-18(4)20-13-15-21(16-14-20)19(5)17(3)11-9-7-2/h13-19H,6-12H2,1-5H3. The summed E-state index contributed by atoms with van der Waals surface area (Å²) in [7, 11) is 0. The molecule has 1 rings (SSSR count). The van der Waals surface area contributed by atoms with Crippen molar-refractivity contribution in [2.45, 2.75) is 91.4 Å². The largest absolute Gasteiger partial charge is 0.0654 e. The third-order valence-electron chi connectivity index (χ3n) is 5.14. The van der Waals surface area contributed by atoms with Crippen LogP contribution in [-0.2, 0) is 0 Å². The molecule has 3 atom stereocenters. The Bertz CT molecular complexity index is 362. The Labute approximate surface area is 133 Å². The molecule has 0 aliphatic rings. The second-order valence-corrected chi connectivity index (χ2v) is 6.97. The quantitative estimate of drug-likeness (QED) is 0.396. The van der Waals surface area contributed by atoms with Gasteiger partial charge >= 0.3 is 0 Å². The maximum Gasteiger partial charge on any atom is -0.0165 e. The number of hydrogen-bond donors (Lipinski definition) is 0. The first kappa shape index (κ1) is 18.3. The predicted octanol–water partition coefficient (Wildman–Crippen LogP) is 7.30. The maximum atomic E-state index is 2.40. The molecule has 0 radical (unpaired) electrons. The summed E-state index contributed by atoms with van der Waals surface area (Å²) >= 11 is 0. The fourth-order valence-corrected chi connectivity index (χ4v) is 3.10. The Morgan fingerprint density at radius 1 is 0.714 bits per heavy atom. The summed E-state index contributed by atoms with van der Waals surface area (Å²) in [6.07, 6.45) is 9.41. The lowest BCUT2D eigenvalue weighted by Crippen LogP contribution is -2.06. The highest BCUT2D eigenvalue weighted by molar-refractivity contribution is 5.27. The van der Waals surface area contributed by atoms with Gasteiger partial charge in [-0.05, 0) is 35.3 Å². The van der Waals surface area contributed by atoms with Crippen molar-refractivity contribution >= 4 is 0 Å². The maximum absolute atomic E-state index is 2.40. The Morgan fingerprint density at radius 2 is 1.29 bits per heavy atom. The first-order valence-electron chi connectivity index (χ1n) is 9.19. The summed E-state index contributed by atoms with van der Waals surface area (Å²) in [6, 6.07) is 9.49. The normalized spacial score (nSPS) is 15.7. The van der Waals surface area contributed by atoms with Gasteiger partial charge in [0.2, 0.25) is 0 Å². The van der Waals surface area contributed by atoms with Crippen molar-refractivity contribution in [3.05, 3.63) is 35.4 Å². The van der Waals surface area contributed by atoms with E-state index in [1.807, 2.05) is 0 Å². The summed E-state index contributed by atoms with van der Waals surface area (Å²) in [5.74, 6) is 2.18. The van der Waals surface area contributed by atoms with Crippen molar-refractivity contribution < 1.29 is 0 Å². The molecule has 0 aromatic heterocycles. The zero-order chi connectivity index (χ0) is 15.7. The zero-order valence-corrected chi connectivity index (χ0v) is 15.0. The molecule has 0 fully saturated rings. The van der Waals surface area contributed by atoms with Crippen LogP contribution in [0, 0.1) is 5.92 Å². The molecule has 0 amide bonds. The second kappa shape index (κ2) is 10.0. The van der Waals surface area contributed by atoms with Crippen LogP contribution in [0.5, 0.6) is 0 Å². The van der Waals surface area contributed by atoms with Crippen LogP contribution in [0.3, 0.4) is 0 Å². The highest BCUT2D eigenvalue weighted by Gasteiger charge is 2.14. The van der Waals surface area contributed by atoms with E-state index in [9.17, 15) is 0 Å². The van der Waals surface area contributed by atoms with Gasteiger partial charge in [-0.25, -0.2) is 0 Å². The van der Waals surface area contributed by atoms with Gasteiger partial charge in [0.15, 0.2) is 0 Å². The topological polar surface area (TPSA) is 0 Å². The van der Waals surface area contributed by atoms with Gasteiger partial charge in [0, 0.05) is 0 Å². The van der Waals surface area contributed by atoms with Crippen LogP contribution in [0.2, 0.25) is 0 Å². The van der Waals surface area contributed by atoms with Crippen LogP contribution in [0.25, 0.3) is 0 Å². The molecule has 0 nitrogen and oxygen atoms in total. The van der Waals surface area contributed by atoms with Gasteiger partial charge in [-0.15, -0.1) is 0 Å². The molecule has 21 heavy (non-hydrogen) atoms. The van der Waals surface area contributed by atoms with Gasteiger partial charge in [-0.2, -0.15) is 0 Å². The Kier molecular flexibility index (Phi) is 8.73. The van der Waals surface area contributed by atoms with Crippen molar-refractivity contribution in [2.75, 3.05) is 0 Å². The minimum Gasteiger partial charge on any atom is -0.0654 e. The lowest BCUT2D eigenvalue weighted by atomic mass is 9.84. The van der Waals surface area contributed by atoms with Crippen molar-refractivity contribution in [3.8, 4) is 0 Å². The summed E-state index contributed by atoms with van der Waals surface area (Å²) in [5.41, 5.74) is 3.03. The van der Waals surface area contributed by atoms with Gasteiger partial charge in [0.25, 0.3) is 0 Å². The minimum atomic E-state index is 0.681. The second-order valence-electron chi connectivity index (χ2n) is 6.97. The van der Waals surface area contributed by atoms with E-state index in [1.54, 1.807) is 0 Å². The van der Waals surface area contributed by atoms with E-state index in [4.69, 9.17) is 0 Å². The molecular formula is C21H36. The Morgan fingerprint density at radius 3 is 1.86 bits per heavy atom. The lowest BCUT2D eigenvalue weighted by molar-refractivity contribution is 0.436. The number of hydrogen-bond acceptors (Lipinski definition) is 0. The molecule has 0 saturated carbocycles. The summed E-state index contributed by atoms with van der Waals surface area (Å²) < 4.78 is 0. The SMILES string of the molecule is CCCCCC(C)c1ccc(C(C)C(C)CCCC)cc1. The molecular weight excluding hydrogens is 252 g/mol. The average Bonchev–Trinajstić information content (AvgIpc) is 2.52. The molecule has 0 aliphatic heterocycles. The highest BCUT2D eigenvalue weighted by atomic mass is 14.2. The third kappa shape index (κ3) is 6.24. The average molecular weight is 289 g/mol. The van der Waals surface area contributed by atoms with Crippen LogP contribution >= 0.6 is 0 Å². The number of rotatable bonds is 10. The van der Waals surface area contributed by atoms with E-state index in [2.05, 4.69) is 58.9 Å². The van der Waals surface area contributed by atoms with Gasteiger partial charge in [0.1, 0.15) is 0 Å². The van der Waals surface area contributed by atoms with Gasteiger partial charge in [0.05, 0.1) is 0 Å². The first-order valence-corrected chi connectivity index (χ1v) is 9.19. The van der Waals surface area contributed by atoms with Gasteiger partial charge < -0.3 is 0 Å².